The third kappa shape index (κ3) is 2.70. The number of hydrogen-bond acceptors (Lipinski definition) is 4. The molecular weight excluding hydrogens is 284 g/mol. The summed E-state index contributed by atoms with van der Waals surface area (Å²) in [5.41, 5.74) is -0.684. The van der Waals surface area contributed by atoms with Crippen molar-refractivity contribution in [2.45, 2.75) is 83.2 Å². The van der Waals surface area contributed by atoms with E-state index in [9.17, 15) is 9.59 Å². The summed E-state index contributed by atoms with van der Waals surface area (Å²) in [6.45, 7) is 12.5. The number of hydrogen-bond donors (Lipinski definition) is 0. The molecule has 2 fully saturated rings. The monoisotopic (exact) mass is 312 g/mol. The van der Waals surface area contributed by atoms with Gasteiger partial charge in [0.15, 0.2) is 19.8 Å². The van der Waals surface area contributed by atoms with Crippen molar-refractivity contribution in [1.82, 2.24) is 0 Å². The molecule has 0 radical (unpaired) electrons. The Balaban J connectivity index is 2.25. The summed E-state index contributed by atoms with van der Waals surface area (Å²) in [6, 6.07) is 0. The Hall–Kier alpha value is -0.683. The summed E-state index contributed by atoms with van der Waals surface area (Å²) in [4.78, 5) is 23.6. The topological polar surface area (TPSA) is 52.6 Å². The first-order valence-electron chi connectivity index (χ1n) is 7.92. The zero-order valence-corrected chi connectivity index (χ0v) is 15.1. The highest BCUT2D eigenvalue weighted by Gasteiger charge is 2.64. The van der Waals surface area contributed by atoms with E-state index in [1.807, 2.05) is 0 Å². The second kappa shape index (κ2) is 5.20. The molecule has 0 amide bonds. The van der Waals surface area contributed by atoms with Crippen LogP contribution in [0, 0.1) is 5.92 Å². The first-order chi connectivity index (χ1) is 9.51. The van der Waals surface area contributed by atoms with E-state index in [1.165, 1.54) is 6.92 Å². The molecule has 1 saturated carbocycles. The van der Waals surface area contributed by atoms with Crippen LogP contribution < -0.4 is 0 Å². The van der Waals surface area contributed by atoms with E-state index in [0.29, 0.717) is 0 Å². The molecule has 0 N–H and O–H groups in total. The predicted molar refractivity (Wildman–Crippen MR) is 83.5 cm³/mol. The molecule has 21 heavy (non-hydrogen) atoms. The van der Waals surface area contributed by atoms with Gasteiger partial charge >= 0.3 is 5.97 Å². The van der Waals surface area contributed by atoms with Crippen LogP contribution in [0.3, 0.4) is 0 Å². The van der Waals surface area contributed by atoms with Gasteiger partial charge in [-0.25, -0.2) is 0 Å². The Labute approximate surface area is 128 Å². The van der Waals surface area contributed by atoms with Crippen LogP contribution in [0.1, 0.15) is 53.4 Å². The molecule has 5 heteroatoms. The Morgan fingerprint density at radius 1 is 1.33 bits per heavy atom. The summed E-state index contributed by atoms with van der Waals surface area (Å²) in [5.74, 6) is -1.07. The predicted octanol–water partition coefficient (Wildman–Crippen LogP) is 3.45. The Morgan fingerprint density at radius 2 is 1.95 bits per heavy atom. The third-order valence-corrected chi connectivity index (χ3v) is 9.98. The molecule has 120 valence electrons. The van der Waals surface area contributed by atoms with Crippen LogP contribution in [0.25, 0.3) is 0 Å². The normalized spacial score (nSPS) is 33.5. The molecule has 2 aliphatic rings. The minimum atomic E-state index is -1.95. The van der Waals surface area contributed by atoms with Crippen LogP contribution in [-0.4, -0.2) is 31.8 Å². The number of carbonyl (C=O) groups excluding carboxylic acids is 2. The minimum Gasteiger partial charge on any atom is -0.454 e. The van der Waals surface area contributed by atoms with Gasteiger partial charge in [-0.1, -0.05) is 27.2 Å². The molecular formula is C16H28O4Si. The van der Waals surface area contributed by atoms with Crippen molar-refractivity contribution in [3.05, 3.63) is 0 Å². The zero-order valence-electron chi connectivity index (χ0n) is 14.1. The van der Waals surface area contributed by atoms with Gasteiger partial charge in [0.25, 0.3) is 0 Å². The number of esters is 1. The van der Waals surface area contributed by atoms with E-state index in [4.69, 9.17) is 9.16 Å². The Bertz CT molecular complexity index is 444. The van der Waals surface area contributed by atoms with Crippen molar-refractivity contribution >= 4 is 20.1 Å². The molecule has 1 unspecified atom stereocenters. The van der Waals surface area contributed by atoms with E-state index in [2.05, 4.69) is 33.9 Å². The highest BCUT2D eigenvalue weighted by Crippen LogP contribution is 2.50. The van der Waals surface area contributed by atoms with Gasteiger partial charge in [-0.2, -0.15) is 0 Å². The maximum Gasteiger partial charge on any atom is 0.321 e. The second-order valence-corrected chi connectivity index (χ2v) is 12.8. The van der Waals surface area contributed by atoms with Gasteiger partial charge in [-0.15, -0.1) is 0 Å². The molecule has 2 rings (SSSR count). The number of ether oxygens (including phenoxy) is 1. The molecule has 0 bridgehead atoms. The van der Waals surface area contributed by atoms with E-state index in [-0.39, 0.29) is 22.9 Å². The molecule has 1 saturated heterocycles. The van der Waals surface area contributed by atoms with Crippen molar-refractivity contribution in [2.24, 2.45) is 5.92 Å². The maximum absolute atomic E-state index is 11.9. The number of carbonyl (C=O) groups is 2. The lowest BCUT2D eigenvalue weighted by Gasteiger charge is -2.55. The van der Waals surface area contributed by atoms with Crippen molar-refractivity contribution in [1.29, 1.82) is 0 Å². The molecule has 3 atom stereocenters. The van der Waals surface area contributed by atoms with Crippen LogP contribution >= 0.6 is 0 Å². The molecule has 0 aromatic carbocycles. The fourth-order valence-corrected chi connectivity index (χ4v) is 4.61. The summed E-state index contributed by atoms with van der Waals surface area (Å²) < 4.78 is 12.1. The smallest absolute Gasteiger partial charge is 0.321 e. The van der Waals surface area contributed by atoms with Gasteiger partial charge in [0.1, 0.15) is 5.78 Å². The molecule has 1 aliphatic heterocycles. The van der Waals surface area contributed by atoms with Gasteiger partial charge in [-0.05, 0) is 44.3 Å². The van der Waals surface area contributed by atoms with Crippen LogP contribution in [0.4, 0.5) is 0 Å². The number of Topliss-reactive ketones (excluding diaryl/α,β-unsaturated/α-hetero) is 1. The zero-order chi connectivity index (χ0) is 16.1. The van der Waals surface area contributed by atoms with Gasteiger partial charge in [-0.3, -0.25) is 9.59 Å². The maximum atomic E-state index is 11.9. The van der Waals surface area contributed by atoms with E-state index < -0.39 is 19.8 Å². The molecule has 1 heterocycles. The van der Waals surface area contributed by atoms with Gasteiger partial charge in [0.05, 0.1) is 6.10 Å². The molecule has 1 spiro atoms. The summed E-state index contributed by atoms with van der Waals surface area (Å²) >= 11 is 0. The lowest BCUT2D eigenvalue weighted by atomic mass is 9.68. The molecule has 1 aliphatic carbocycles. The Morgan fingerprint density at radius 3 is 2.43 bits per heavy atom. The second-order valence-electron chi connectivity index (χ2n) is 8.03. The third-order valence-electron chi connectivity index (χ3n) is 5.49. The first kappa shape index (κ1) is 16.7. The molecule has 4 nitrogen and oxygen atoms in total. The van der Waals surface area contributed by atoms with Gasteiger partial charge < -0.3 is 9.16 Å². The van der Waals surface area contributed by atoms with Crippen molar-refractivity contribution < 1.29 is 18.8 Å². The average molecular weight is 312 g/mol. The average Bonchev–Trinajstić information content (AvgIpc) is 2.28. The van der Waals surface area contributed by atoms with Gasteiger partial charge in [0.2, 0.25) is 0 Å². The summed E-state index contributed by atoms with van der Waals surface area (Å²) in [5, 5.41) is 0.102. The van der Waals surface area contributed by atoms with Crippen LogP contribution in [0.15, 0.2) is 0 Å². The van der Waals surface area contributed by atoms with E-state index in [0.717, 1.165) is 25.7 Å². The van der Waals surface area contributed by atoms with Crippen LogP contribution in [-0.2, 0) is 18.8 Å². The first-order valence-corrected chi connectivity index (χ1v) is 10.8. The van der Waals surface area contributed by atoms with Crippen molar-refractivity contribution in [3.63, 3.8) is 0 Å². The van der Waals surface area contributed by atoms with Crippen molar-refractivity contribution in [3.8, 4) is 0 Å². The lowest BCUT2D eigenvalue weighted by Crippen LogP contribution is -2.69. The van der Waals surface area contributed by atoms with Gasteiger partial charge in [0, 0.05) is 0 Å². The fraction of sp³-hybridized carbons (Fsp3) is 0.875. The fourth-order valence-electron chi connectivity index (χ4n) is 3.23. The van der Waals surface area contributed by atoms with Crippen LogP contribution in [0.5, 0.6) is 0 Å². The molecule has 0 aromatic heterocycles. The largest absolute Gasteiger partial charge is 0.454 e. The van der Waals surface area contributed by atoms with E-state index >= 15 is 0 Å². The summed E-state index contributed by atoms with van der Waals surface area (Å²) in [7, 11) is -1.95. The minimum absolute atomic E-state index is 0.0861. The number of rotatable bonds is 3. The highest BCUT2D eigenvalue weighted by molar-refractivity contribution is 6.74. The Kier molecular flexibility index (Phi) is 4.13. The standard InChI is InChI=1S/C16H28O4Si/c1-11(17)13-14(18)19-16(13)10-8-7-9-12(16)20-21(5,6)15(2,3)4/h12-13H,7-10H2,1-6H3/t12-,13?,16-/m0/s1. The van der Waals surface area contributed by atoms with E-state index in [1.54, 1.807) is 0 Å². The summed E-state index contributed by atoms with van der Waals surface area (Å²) in [6.07, 6.45) is 3.57. The SMILES string of the molecule is CC(=O)C1C(=O)O[C@]12CCCC[C@@H]2O[Si](C)(C)C(C)(C)C. The molecule has 0 aromatic rings. The quantitative estimate of drug-likeness (QED) is 0.455. The van der Waals surface area contributed by atoms with Crippen molar-refractivity contribution in [2.75, 3.05) is 0 Å². The number of ketones is 1. The van der Waals surface area contributed by atoms with Crippen LogP contribution in [0.2, 0.25) is 18.1 Å². The lowest BCUT2D eigenvalue weighted by molar-refractivity contribution is -0.239. The highest BCUT2D eigenvalue weighted by atomic mass is 28.4.